The number of nitrogens with one attached hydrogen (secondary N) is 2. The standard InChI is InChI=1S/C22H16N2O5S.Al.2H2O/c1-10-3-5-15-12(7-10)20(25)13-8-18-14(9-17(13)23-15)21(26)19-16(24-18)6-4-11(2)22(19)30(27,28)29;;;/h3-9H,1-2H3,(H,23,25)(H,24,26)(H,27,28,29);;2*1H2/q;+3;;/p-3. The Hall–Kier alpha value is -3.04. The van der Waals surface area contributed by atoms with Crippen LogP contribution in [-0.2, 0) is 10.1 Å². The molecule has 0 saturated heterocycles. The Morgan fingerprint density at radius 3 is 1.85 bits per heavy atom. The minimum absolute atomic E-state index is 0. The second kappa shape index (κ2) is 8.72. The number of pyridine rings is 2. The quantitative estimate of drug-likeness (QED) is 0.210. The van der Waals surface area contributed by atoms with Gasteiger partial charge in [0.05, 0.1) is 26.8 Å². The summed E-state index contributed by atoms with van der Waals surface area (Å²) in [6, 6.07) is 11.6. The summed E-state index contributed by atoms with van der Waals surface area (Å²) in [5.74, 6) is 0. The van der Waals surface area contributed by atoms with Crippen LogP contribution in [0.25, 0.3) is 43.6 Å². The maximum absolute atomic E-state index is 13.2. The minimum atomic E-state index is -4.86. The van der Waals surface area contributed by atoms with E-state index in [9.17, 15) is 22.6 Å². The first-order valence-corrected chi connectivity index (χ1v) is 10.6. The Balaban J connectivity index is 0.00000128. The molecular formula is C22H17AlN2O7S. The van der Waals surface area contributed by atoms with E-state index in [2.05, 4.69) is 9.97 Å². The summed E-state index contributed by atoms with van der Waals surface area (Å²) in [5, 5.41) is 0.961. The molecule has 0 saturated carbocycles. The van der Waals surface area contributed by atoms with Crippen molar-refractivity contribution in [2.24, 2.45) is 0 Å². The van der Waals surface area contributed by atoms with Crippen LogP contribution in [0.15, 0.2) is 56.9 Å². The maximum atomic E-state index is 13.2. The fraction of sp³-hybridized carbons (Fsp3) is 0.0909. The van der Waals surface area contributed by atoms with Crippen LogP contribution >= 0.6 is 0 Å². The van der Waals surface area contributed by atoms with Gasteiger partial charge in [-0.25, -0.2) is 8.42 Å². The molecule has 0 unspecified atom stereocenters. The average Bonchev–Trinajstić information content (AvgIpc) is 2.68. The Bertz CT molecular complexity index is 1790. The molecule has 9 nitrogen and oxygen atoms in total. The molecule has 0 amide bonds. The van der Waals surface area contributed by atoms with E-state index in [1.165, 1.54) is 19.1 Å². The van der Waals surface area contributed by atoms with Crippen LogP contribution in [0.3, 0.4) is 0 Å². The van der Waals surface area contributed by atoms with Crippen molar-refractivity contribution in [2.45, 2.75) is 18.7 Å². The molecule has 3 aromatic carbocycles. The fourth-order valence-electron chi connectivity index (χ4n) is 4.05. The summed E-state index contributed by atoms with van der Waals surface area (Å²) in [7, 11) is -4.86. The summed E-state index contributed by atoms with van der Waals surface area (Å²) in [6.45, 7) is 3.37. The van der Waals surface area contributed by atoms with E-state index in [-0.39, 0.29) is 55.6 Å². The van der Waals surface area contributed by atoms with Gasteiger partial charge in [-0.05, 0) is 49.7 Å². The van der Waals surface area contributed by atoms with E-state index in [0.717, 1.165) is 5.56 Å². The van der Waals surface area contributed by atoms with Crippen molar-refractivity contribution < 1.29 is 23.9 Å². The second-order valence-corrected chi connectivity index (χ2v) is 8.81. The van der Waals surface area contributed by atoms with E-state index < -0.39 is 20.4 Å². The van der Waals surface area contributed by atoms with Crippen molar-refractivity contribution >= 4 is 71.1 Å². The normalized spacial score (nSPS) is 11.2. The van der Waals surface area contributed by atoms with Crippen LogP contribution in [0, 0.1) is 13.8 Å². The van der Waals surface area contributed by atoms with Crippen LogP contribution in [0.4, 0.5) is 0 Å². The number of benzene rings is 3. The molecule has 11 heteroatoms. The van der Waals surface area contributed by atoms with Gasteiger partial charge in [-0.3, -0.25) is 9.59 Å². The third-order valence-corrected chi connectivity index (χ3v) is 6.46. The molecule has 33 heavy (non-hydrogen) atoms. The largest absolute Gasteiger partial charge is 3.00 e. The molecule has 4 N–H and O–H groups in total. The number of hydrogen-bond donors (Lipinski definition) is 2. The van der Waals surface area contributed by atoms with Gasteiger partial charge < -0.3 is 25.5 Å². The number of rotatable bonds is 1. The van der Waals surface area contributed by atoms with Crippen molar-refractivity contribution in [1.82, 2.24) is 9.97 Å². The molecule has 0 radical (unpaired) electrons. The van der Waals surface area contributed by atoms with Crippen molar-refractivity contribution in [1.29, 1.82) is 0 Å². The maximum Gasteiger partial charge on any atom is 3.00 e. The Kier molecular flexibility index (Phi) is 6.93. The van der Waals surface area contributed by atoms with E-state index >= 15 is 0 Å². The van der Waals surface area contributed by atoms with Gasteiger partial charge >= 0.3 is 17.4 Å². The monoisotopic (exact) mass is 480 g/mol. The zero-order chi connectivity index (χ0) is 21.4. The third-order valence-electron chi connectivity index (χ3n) is 5.44. The summed E-state index contributed by atoms with van der Waals surface area (Å²) in [4.78, 5) is 31.9. The van der Waals surface area contributed by atoms with Gasteiger partial charge in [-0.15, -0.1) is 0 Å². The zero-order valence-corrected chi connectivity index (χ0v) is 19.4. The van der Waals surface area contributed by atoms with E-state index in [1.54, 1.807) is 24.3 Å². The number of H-pyrrole nitrogens is 2. The number of fused-ring (bicyclic) bond motifs is 4. The molecule has 0 fully saturated rings. The number of aromatic nitrogens is 2. The van der Waals surface area contributed by atoms with E-state index in [4.69, 9.17) is 0 Å². The number of aromatic amines is 2. The number of hydrogen-bond acceptors (Lipinski definition) is 7. The molecule has 5 aromatic rings. The van der Waals surface area contributed by atoms with E-state index in [1.807, 2.05) is 13.0 Å². The van der Waals surface area contributed by atoms with Gasteiger partial charge in [0.25, 0.3) is 0 Å². The van der Waals surface area contributed by atoms with Crippen molar-refractivity contribution in [3.05, 3.63) is 74.0 Å². The number of aryl methyl sites for hydroxylation is 2. The van der Waals surface area contributed by atoms with Gasteiger partial charge in [0.2, 0.25) is 0 Å². The van der Waals surface area contributed by atoms with Gasteiger partial charge in [0, 0.05) is 21.7 Å². The fourth-order valence-corrected chi connectivity index (χ4v) is 4.96. The molecule has 2 aromatic heterocycles. The Morgan fingerprint density at radius 2 is 1.24 bits per heavy atom. The van der Waals surface area contributed by atoms with E-state index in [0.29, 0.717) is 27.3 Å². The predicted molar refractivity (Wildman–Crippen MR) is 125 cm³/mol. The Labute approximate surface area is 197 Å². The first-order valence-electron chi connectivity index (χ1n) is 9.17. The van der Waals surface area contributed by atoms with Crippen LogP contribution in [0.5, 0.6) is 0 Å². The Morgan fingerprint density at radius 1 is 0.727 bits per heavy atom. The van der Waals surface area contributed by atoms with Gasteiger partial charge in [0.15, 0.2) is 10.9 Å². The molecule has 0 spiro atoms. The smallest absolute Gasteiger partial charge is 0.870 e. The molecule has 0 aliphatic rings. The van der Waals surface area contributed by atoms with Gasteiger partial charge in [0.1, 0.15) is 10.1 Å². The van der Waals surface area contributed by atoms with Crippen LogP contribution in [-0.4, -0.2) is 51.3 Å². The summed E-state index contributed by atoms with van der Waals surface area (Å²) >= 11 is 0. The van der Waals surface area contributed by atoms with Crippen LogP contribution in [0.1, 0.15) is 11.1 Å². The molecule has 2 heterocycles. The van der Waals surface area contributed by atoms with Gasteiger partial charge in [-0.1, -0.05) is 17.7 Å². The van der Waals surface area contributed by atoms with Crippen LogP contribution in [0.2, 0.25) is 0 Å². The molecule has 0 atom stereocenters. The minimum Gasteiger partial charge on any atom is -0.870 e. The van der Waals surface area contributed by atoms with Gasteiger partial charge in [-0.2, -0.15) is 0 Å². The first kappa shape index (κ1) is 26.2. The first-order chi connectivity index (χ1) is 14.1. The van der Waals surface area contributed by atoms with Crippen LogP contribution < -0.4 is 10.9 Å². The average molecular weight is 480 g/mol. The molecule has 0 aliphatic carbocycles. The third kappa shape index (κ3) is 3.96. The summed E-state index contributed by atoms with van der Waals surface area (Å²) in [6.07, 6.45) is 0. The molecule has 166 valence electrons. The topological polar surface area (TPSA) is 183 Å². The van der Waals surface area contributed by atoms with Crippen molar-refractivity contribution in [3.63, 3.8) is 0 Å². The second-order valence-electron chi connectivity index (χ2n) is 7.49. The summed E-state index contributed by atoms with van der Waals surface area (Å²) in [5.41, 5.74) is 2.10. The SMILES string of the molecule is Cc1ccc2[nH]c3cc4c(=O)c5c(S(=O)(=O)[O-])c(C)ccc5[nH]c4cc3c(=O)c2c1.[Al+3].[OH-].[OH-]. The molecule has 5 rings (SSSR count). The predicted octanol–water partition coefficient (Wildman–Crippen LogP) is 2.46. The summed E-state index contributed by atoms with van der Waals surface area (Å²) < 4.78 is 35.5. The molecule has 0 bridgehead atoms. The molecular weight excluding hydrogens is 463 g/mol. The van der Waals surface area contributed by atoms with Crippen molar-refractivity contribution in [3.8, 4) is 0 Å². The molecule has 0 aliphatic heterocycles. The zero-order valence-electron chi connectivity index (χ0n) is 17.5. The van der Waals surface area contributed by atoms with Crippen molar-refractivity contribution in [2.75, 3.05) is 0 Å².